The monoisotopic (exact) mass is 206 g/mol. The Bertz CT molecular complexity index is 352. The van der Waals surface area contributed by atoms with Crippen molar-refractivity contribution in [2.75, 3.05) is 7.05 Å². The normalized spacial score (nSPS) is 11.8. The number of nitrogens with one attached hydrogen (secondary N) is 1. The number of H-pyrrole nitrogens is 1. The summed E-state index contributed by atoms with van der Waals surface area (Å²) in [4.78, 5) is 13.2. The standard InChI is InChI=1S/C10H14N4O/c1-3-9(4-11)10(15)14(2)7-8-5-12-13-6-8/h5-6,9H,3,7H2,1-2H3,(H,12,13). The van der Waals surface area contributed by atoms with E-state index in [1.807, 2.05) is 13.0 Å². The summed E-state index contributed by atoms with van der Waals surface area (Å²) < 4.78 is 0. The summed E-state index contributed by atoms with van der Waals surface area (Å²) in [5, 5.41) is 15.2. The van der Waals surface area contributed by atoms with Crippen molar-refractivity contribution in [2.45, 2.75) is 19.9 Å². The van der Waals surface area contributed by atoms with E-state index >= 15 is 0 Å². The highest BCUT2D eigenvalue weighted by Gasteiger charge is 2.19. The Morgan fingerprint density at radius 2 is 2.53 bits per heavy atom. The molecule has 0 aliphatic carbocycles. The molecule has 0 aliphatic heterocycles. The molecule has 1 heterocycles. The lowest BCUT2D eigenvalue weighted by Crippen LogP contribution is -2.31. The molecule has 0 spiro atoms. The SMILES string of the molecule is CCC(C#N)C(=O)N(C)Cc1cn[nH]c1. The number of aromatic nitrogens is 2. The Morgan fingerprint density at radius 1 is 1.80 bits per heavy atom. The molecule has 0 aromatic carbocycles. The molecule has 5 heteroatoms. The number of rotatable bonds is 4. The lowest BCUT2D eigenvalue weighted by atomic mass is 10.1. The minimum absolute atomic E-state index is 0.138. The quantitative estimate of drug-likeness (QED) is 0.796. The maximum Gasteiger partial charge on any atom is 0.239 e. The van der Waals surface area contributed by atoms with Gasteiger partial charge in [-0.25, -0.2) is 0 Å². The fourth-order valence-corrected chi connectivity index (χ4v) is 1.30. The van der Waals surface area contributed by atoms with E-state index in [-0.39, 0.29) is 5.91 Å². The van der Waals surface area contributed by atoms with Crippen LogP contribution in [0.25, 0.3) is 0 Å². The molecule has 1 atom stereocenters. The van der Waals surface area contributed by atoms with E-state index in [0.29, 0.717) is 13.0 Å². The molecule has 0 fully saturated rings. The highest BCUT2D eigenvalue weighted by atomic mass is 16.2. The van der Waals surface area contributed by atoms with Crippen molar-refractivity contribution in [1.82, 2.24) is 15.1 Å². The molecule has 1 unspecified atom stereocenters. The van der Waals surface area contributed by atoms with Gasteiger partial charge in [-0.05, 0) is 6.42 Å². The summed E-state index contributed by atoms with van der Waals surface area (Å²) >= 11 is 0. The van der Waals surface area contributed by atoms with Crippen molar-refractivity contribution in [1.29, 1.82) is 5.26 Å². The van der Waals surface area contributed by atoms with Gasteiger partial charge in [0.25, 0.3) is 0 Å². The van der Waals surface area contributed by atoms with Crippen molar-refractivity contribution in [2.24, 2.45) is 5.92 Å². The second-order valence-electron chi connectivity index (χ2n) is 3.39. The zero-order valence-corrected chi connectivity index (χ0v) is 8.90. The van der Waals surface area contributed by atoms with Gasteiger partial charge >= 0.3 is 0 Å². The Hall–Kier alpha value is -1.83. The number of nitrogens with zero attached hydrogens (tertiary/aromatic N) is 3. The first kappa shape index (κ1) is 11.2. The molecule has 5 nitrogen and oxygen atoms in total. The maximum atomic E-state index is 11.7. The van der Waals surface area contributed by atoms with Gasteiger partial charge in [0.1, 0.15) is 5.92 Å². The molecule has 0 aliphatic rings. The van der Waals surface area contributed by atoms with Crippen LogP contribution >= 0.6 is 0 Å². The van der Waals surface area contributed by atoms with Crippen LogP contribution in [0.15, 0.2) is 12.4 Å². The van der Waals surface area contributed by atoms with Crippen LogP contribution in [0.3, 0.4) is 0 Å². The van der Waals surface area contributed by atoms with Gasteiger partial charge in [-0.15, -0.1) is 0 Å². The maximum absolute atomic E-state index is 11.7. The predicted octanol–water partition coefficient (Wildman–Crippen LogP) is 0.918. The minimum Gasteiger partial charge on any atom is -0.340 e. The van der Waals surface area contributed by atoms with E-state index in [1.54, 1.807) is 24.3 Å². The van der Waals surface area contributed by atoms with E-state index in [2.05, 4.69) is 10.2 Å². The number of aromatic amines is 1. The Kier molecular flexibility index (Phi) is 3.86. The van der Waals surface area contributed by atoms with Crippen LogP contribution in [0.5, 0.6) is 0 Å². The van der Waals surface area contributed by atoms with Crippen molar-refractivity contribution >= 4 is 5.91 Å². The zero-order valence-electron chi connectivity index (χ0n) is 8.90. The van der Waals surface area contributed by atoms with Gasteiger partial charge < -0.3 is 4.90 Å². The Labute approximate surface area is 88.7 Å². The summed E-state index contributed by atoms with van der Waals surface area (Å²) in [6, 6.07) is 2.00. The van der Waals surface area contributed by atoms with Crippen LogP contribution in [0.1, 0.15) is 18.9 Å². The van der Waals surface area contributed by atoms with Crippen molar-refractivity contribution in [3.8, 4) is 6.07 Å². The smallest absolute Gasteiger partial charge is 0.239 e. The van der Waals surface area contributed by atoms with Crippen LogP contribution in [-0.4, -0.2) is 28.1 Å². The van der Waals surface area contributed by atoms with Crippen LogP contribution < -0.4 is 0 Å². The highest BCUT2D eigenvalue weighted by molar-refractivity contribution is 5.80. The highest BCUT2D eigenvalue weighted by Crippen LogP contribution is 2.08. The molecule has 15 heavy (non-hydrogen) atoms. The molecular weight excluding hydrogens is 192 g/mol. The molecular formula is C10H14N4O. The molecule has 0 radical (unpaired) electrons. The molecule has 1 aromatic rings. The van der Waals surface area contributed by atoms with E-state index < -0.39 is 5.92 Å². The molecule has 1 rings (SSSR count). The van der Waals surface area contributed by atoms with Crippen molar-refractivity contribution < 1.29 is 4.79 Å². The topological polar surface area (TPSA) is 72.8 Å². The summed E-state index contributed by atoms with van der Waals surface area (Å²) in [7, 11) is 1.69. The summed E-state index contributed by atoms with van der Waals surface area (Å²) in [6.45, 7) is 2.31. The average molecular weight is 206 g/mol. The van der Waals surface area contributed by atoms with Gasteiger partial charge in [0.15, 0.2) is 0 Å². The minimum atomic E-state index is -0.540. The number of hydrogen-bond donors (Lipinski definition) is 1. The third kappa shape index (κ3) is 2.81. The van der Waals surface area contributed by atoms with Crippen LogP contribution in [0.4, 0.5) is 0 Å². The molecule has 80 valence electrons. The van der Waals surface area contributed by atoms with E-state index in [4.69, 9.17) is 5.26 Å². The second-order valence-corrected chi connectivity index (χ2v) is 3.39. The fourth-order valence-electron chi connectivity index (χ4n) is 1.30. The fraction of sp³-hybridized carbons (Fsp3) is 0.500. The van der Waals surface area contributed by atoms with Crippen molar-refractivity contribution in [3.63, 3.8) is 0 Å². The zero-order chi connectivity index (χ0) is 11.3. The summed E-state index contributed by atoms with van der Waals surface area (Å²) in [6.07, 6.45) is 3.94. The van der Waals surface area contributed by atoms with E-state index in [0.717, 1.165) is 5.56 Å². The first-order valence-corrected chi connectivity index (χ1v) is 4.81. The number of carbonyl (C=O) groups excluding carboxylic acids is 1. The average Bonchev–Trinajstić information content (AvgIpc) is 2.72. The van der Waals surface area contributed by atoms with E-state index in [1.165, 1.54) is 0 Å². The molecule has 0 saturated carbocycles. The Balaban J connectivity index is 2.57. The summed E-state index contributed by atoms with van der Waals surface area (Å²) in [5.41, 5.74) is 0.929. The van der Waals surface area contributed by atoms with Crippen LogP contribution in [0.2, 0.25) is 0 Å². The van der Waals surface area contributed by atoms with Gasteiger partial charge in [-0.2, -0.15) is 10.4 Å². The molecule has 1 N–H and O–H groups in total. The van der Waals surface area contributed by atoms with Crippen molar-refractivity contribution in [3.05, 3.63) is 18.0 Å². The predicted molar refractivity (Wildman–Crippen MR) is 54.5 cm³/mol. The van der Waals surface area contributed by atoms with Crippen LogP contribution in [-0.2, 0) is 11.3 Å². The van der Waals surface area contributed by atoms with E-state index in [9.17, 15) is 4.79 Å². The summed E-state index contributed by atoms with van der Waals surface area (Å²) in [5.74, 6) is -0.678. The van der Waals surface area contributed by atoms with Gasteiger partial charge in [-0.3, -0.25) is 9.89 Å². The third-order valence-electron chi connectivity index (χ3n) is 2.21. The van der Waals surface area contributed by atoms with Gasteiger partial charge in [0.05, 0.1) is 12.3 Å². The van der Waals surface area contributed by atoms with Crippen LogP contribution in [0, 0.1) is 17.2 Å². The Morgan fingerprint density at radius 3 is 3.00 bits per heavy atom. The first-order chi connectivity index (χ1) is 7.19. The second kappa shape index (κ2) is 5.15. The largest absolute Gasteiger partial charge is 0.340 e. The molecule has 1 aromatic heterocycles. The third-order valence-corrected chi connectivity index (χ3v) is 2.21. The van der Waals surface area contributed by atoms with Gasteiger partial charge in [0, 0.05) is 25.4 Å². The number of hydrogen-bond acceptors (Lipinski definition) is 3. The lowest BCUT2D eigenvalue weighted by molar-refractivity contribution is -0.133. The lowest BCUT2D eigenvalue weighted by Gasteiger charge is -2.18. The molecule has 0 bridgehead atoms. The number of amides is 1. The number of carbonyl (C=O) groups is 1. The molecule has 1 amide bonds. The number of nitriles is 1. The molecule has 0 saturated heterocycles. The van der Waals surface area contributed by atoms with Gasteiger partial charge in [-0.1, -0.05) is 6.92 Å². The van der Waals surface area contributed by atoms with Gasteiger partial charge in [0.2, 0.25) is 5.91 Å². The first-order valence-electron chi connectivity index (χ1n) is 4.81.